The molecule has 0 N–H and O–H groups in total. The van der Waals surface area contributed by atoms with Crippen LogP contribution in [0.2, 0.25) is 0 Å². The van der Waals surface area contributed by atoms with Crippen molar-refractivity contribution in [1.29, 1.82) is 0 Å². The number of hydrogen-bond acceptors (Lipinski definition) is 3. The average molecular weight is 228 g/mol. The molecular weight excluding hydrogens is 216 g/mol. The minimum absolute atomic E-state index is 0.276. The van der Waals surface area contributed by atoms with Crippen LogP contribution in [0.25, 0.3) is 11.8 Å². The standard InChI is InChI=1S/C14H12O3/c1-2-16-14(15)12-8-17-13-10-6-4-3-5-9(10)7-11(12)13/h3-7H,2,8H2,1H3. The minimum atomic E-state index is -0.276. The molecule has 0 radical (unpaired) electrons. The van der Waals surface area contributed by atoms with Gasteiger partial charge in [-0.1, -0.05) is 24.3 Å². The van der Waals surface area contributed by atoms with Crippen molar-refractivity contribution in [2.75, 3.05) is 13.2 Å². The van der Waals surface area contributed by atoms with Crippen LogP contribution < -0.4 is 10.4 Å². The molecule has 0 aromatic heterocycles. The summed E-state index contributed by atoms with van der Waals surface area (Å²) in [6, 6.07) is 7.96. The van der Waals surface area contributed by atoms with Gasteiger partial charge in [0.15, 0.2) is 0 Å². The van der Waals surface area contributed by atoms with Gasteiger partial charge in [-0.25, -0.2) is 4.79 Å². The molecule has 86 valence electrons. The van der Waals surface area contributed by atoms with Crippen LogP contribution in [0, 0.1) is 0 Å². The summed E-state index contributed by atoms with van der Waals surface area (Å²) >= 11 is 0. The van der Waals surface area contributed by atoms with Crippen LogP contribution in [0.1, 0.15) is 6.92 Å². The first-order valence-electron chi connectivity index (χ1n) is 5.66. The van der Waals surface area contributed by atoms with Gasteiger partial charge in [-0.15, -0.1) is 0 Å². The van der Waals surface area contributed by atoms with Gasteiger partial charge in [0.05, 0.1) is 12.2 Å². The van der Waals surface area contributed by atoms with E-state index in [0.29, 0.717) is 18.8 Å². The maximum absolute atomic E-state index is 11.7. The number of hydrogen-bond donors (Lipinski definition) is 0. The molecule has 0 fully saturated rings. The number of esters is 1. The molecule has 1 aliphatic heterocycles. The summed E-state index contributed by atoms with van der Waals surface area (Å²) in [6.07, 6.45) is 1.99. The molecular formula is C14H12O3. The van der Waals surface area contributed by atoms with Gasteiger partial charge in [0.25, 0.3) is 0 Å². The Hall–Kier alpha value is -2.03. The lowest BCUT2D eigenvalue weighted by atomic mass is 10.1. The second-order valence-electron chi connectivity index (χ2n) is 3.96. The fourth-order valence-corrected chi connectivity index (χ4v) is 2.18. The van der Waals surface area contributed by atoms with E-state index in [1.54, 1.807) is 6.92 Å². The van der Waals surface area contributed by atoms with Crippen molar-refractivity contribution in [3.63, 3.8) is 0 Å². The van der Waals surface area contributed by atoms with E-state index in [1.807, 2.05) is 30.3 Å². The fraction of sp³-hybridized carbons (Fsp3) is 0.214. The Morgan fingerprint density at radius 3 is 3.06 bits per heavy atom. The van der Waals surface area contributed by atoms with Crippen molar-refractivity contribution in [2.45, 2.75) is 6.92 Å². The Balaban J connectivity index is 2.16. The molecule has 0 bridgehead atoms. The zero-order chi connectivity index (χ0) is 11.8. The Bertz CT molecular complexity index is 638. The summed E-state index contributed by atoms with van der Waals surface area (Å²) < 4.78 is 10.6. The fourth-order valence-electron chi connectivity index (χ4n) is 2.18. The molecule has 3 nitrogen and oxygen atoms in total. The van der Waals surface area contributed by atoms with Gasteiger partial charge < -0.3 is 9.47 Å². The largest absolute Gasteiger partial charge is 0.487 e. The Labute approximate surface area is 98.7 Å². The second kappa shape index (κ2) is 3.77. The maximum atomic E-state index is 11.7. The number of carbonyl (C=O) groups excluding carboxylic acids is 1. The predicted octanol–water partition coefficient (Wildman–Crippen LogP) is 0.479. The van der Waals surface area contributed by atoms with Crippen molar-refractivity contribution in [3.8, 4) is 0 Å². The molecule has 1 aromatic rings. The molecule has 1 heterocycles. The molecule has 1 aromatic carbocycles. The van der Waals surface area contributed by atoms with E-state index < -0.39 is 0 Å². The molecule has 0 amide bonds. The normalized spacial score (nSPS) is 16.2. The van der Waals surface area contributed by atoms with Crippen LogP contribution in [0.4, 0.5) is 0 Å². The topological polar surface area (TPSA) is 35.5 Å². The summed E-state index contributed by atoms with van der Waals surface area (Å²) in [5.41, 5.74) is 1.50. The summed E-state index contributed by atoms with van der Waals surface area (Å²) in [5, 5.41) is 2.15. The van der Waals surface area contributed by atoms with Gasteiger partial charge >= 0.3 is 5.97 Å². The molecule has 0 saturated heterocycles. The van der Waals surface area contributed by atoms with Crippen LogP contribution in [0.3, 0.4) is 0 Å². The molecule has 17 heavy (non-hydrogen) atoms. The quantitative estimate of drug-likeness (QED) is 0.691. The van der Waals surface area contributed by atoms with Crippen LogP contribution in [0.15, 0.2) is 35.4 Å². The summed E-state index contributed by atoms with van der Waals surface area (Å²) in [6.45, 7) is 2.50. The highest BCUT2D eigenvalue weighted by atomic mass is 16.5. The molecule has 3 rings (SSSR count). The first kappa shape index (κ1) is 10.1. The summed E-state index contributed by atoms with van der Waals surface area (Å²) in [5.74, 6) is 0.533. The monoisotopic (exact) mass is 228 g/mol. The van der Waals surface area contributed by atoms with E-state index in [4.69, 9.17) is 9.47 Å². The lowest BCUT2D eigenvalue weighted by Gasteiger charge is -2.00. The van der Waals surface area contributed by atoms with Crippen LogP contribution in [0.5, 0.6) is 0 Å². The van der Waals surface area contributed by atoms with Gasteiger partial charge in [0.2, 0.25) is 0 Å². The third-order valence-electron chi connectivity index (χ3n) is 2.96. The maximum Gasteiger partial charge on any atom is 0.338 e. The van der Waals surface area contributed by atoms with Crippen LogP contribution >= 0.6 is 0 Å². The zero-order valence-electron chi connectivity index (χ0n) is 9.53. The Morgan fingerprint density at radius 2 is 2.24 bits per heavy atom. The highest BCUT2D eigenvalue weighted by Gasteiger charge is 2.28. The first-order valence-corrected chi connectivity index (χ1v) is 5.66. The number of ether oxygens (including phenoxy) is 2. The van der Waals surface area contributed by atoms with Crippen LogP contribution in [-0.2, 0) is 14.3 Å². The number of fused-ring (bicyclic) bond motifs is 2. The first-order chi connectivity index (χ1) is 8.31. The van der Waals surface area contributed by atoms with Crippen molar-refractivity contribution < 1.29 is 14.3 Å². The molecule has 0 atom stereocenters. The van der Waals surface area contributed by atoms with Crippen molar-refractivity contribution in [3.05, 3.63) is 45.8 Å². The molecule has 0 unspecified atom stereocenters. The van der Waals surface area contributed by atoms with Gasteiger partial charge in [0, 0.05) is 10.8 Å². The third-order valence-corrected chi connectivity index (χ3v) is 2.96. The molecule has 0 saturated carbocycles. The Kier molecular flexibility index (Phi) is 2.25. The minimum Gasteiger partial charge on any atom is -0.487 e. The third kappa shape index (κ3) is 1.46. The van der Waals surface area contributed by atoms with E-state index in [0.717, 1.165) is 21.8 Å². The second-order valence-corrected chi connectivity index (χ2v) is 3.96. The number of rotatable bonds is 2. The van der Waals surface area contributed by atoms with Crippen molar-refractivity contribution in [2.24, 2.45) is 0 Å². The zero-order valence-corrected chi connectivity index (χ0v) is 9.53. The highest BCUT2D eigenvalue weighted by Crippen LogP contribution is 2.28. The lowest BCUT2D eigenvalue weighted by molar-refractivity contribution is -0.138. The lowest BCUT2D eigenvalue weighted by Crippen LogP contribution is -2.22. The van der Waals surface area contributed by atoms with Gasteiger partial charge in [-0.3, -0.25) is 0 Å². The SMILES string of the molecule is CCOC(=O)C1=C2C=c3ccccc3=C2OC1. The Morgan fingerprint density at radius 1 is 1.41 bits per heavy atom. The van der Waals surface area contributed by atoms with Gasteiger partial charge in [0.1, 0.15) is 12.4 Å². The van der Waals surface area contributed by atoms with E-state index >= 15 is 0 Å². The van der Waals surface area contributed by atoms with E-state index in [2.05, 4.69) is 0 Å². The van der Waals surface area contributed by atoms with Gasteiger partial charge in [-0.05, 0) is 18.2 Å². The highest BCUT2D eigenvalue weighted by molar-refractivity contribution is 5.99. The molecule has 2 aliphatic rings. The number of benzene rings is 1. The smallest absolute Gasteiger partial charge is 0.338 e. The molecule has 1 aliphatic carbocycles. The van der Waals surface area contributed by atoms with Gasteiger partial charge in [-0.2, -0.15) is 0 Å². The summed E-state index contributed by atoms with van der Waals surface area (Å²) in [4.78, 5) is 11.7. The van der Waals surface area contributed by atoms with Crippen molar-refractivity contribution >= 4 is 17.8 Å². The van der Waals surface area contributed by atoms with E-state index in [9.17, 15) is 4.79 Å². The predicted molar refractivity (Wildman–Crippen MR) is 63.2 cm³/mol. The molecule has 0 spiro atoms. The number of carbonyl (C=O) groups is 1. The van der Waals surface area contributed by atoms with Crippen molar-refractivity contribution in [1.82, 2.24) is 0 Å². The van der Waals surface area contributed by atoms with E-state index in [-0.39, 0.29) is 5.97 Å². The van der Waals surface area contributed by atoms with E-state index in [1.165, 1.54) is 0 Å². The molecule has 3 heteroatoms. The summed E-state index contributed by atoms with van der Waals surface area (Å²) in [7, 11) is 0. The van der Waals surface area contributed by atoms with Crippen LogP contribution in [-0.4, -0.2) is 19.2 Å². The average Bonchev–Trinajstić information content (AvgIpc) is 2.87.